The highest BCUT2D eigenvalue weighted by molar-refractivity contribution is 7.07. The molecule has 0 aliphatic rings. The molecule has 0 fully saturated rings. The van der Waals surface area contributed by atoms with Gasteiger partial charge in [0.2, 0.25) is 0 Å². The van der Waals surface area contributed by atoms with Crippen molar-refractivity contribution in [3.05, 3.63) is 16.6 Å². The molecular weight excluding hydrogens is 216 g/mol. The van der Waals surface area contributed by atoms with Gasteiger partial charge in [-0.15, -0.1) is 11.3 Å². The minimum atomic E-state index is 0.269. The van der Waals surface area contributed by atoms with E-state index in [4.69, 9.17) is 0 Å². The number of nitrogens with zero attached hydrogens (tertiary/aromatic N) is 1. The van der Waals surface area contributed by atoms with Crippen LogP contribution in [0.3, 0.4) is 0 Å². The Morgan fingerprint density at radius 1 is 1.38 bits per heavy atom. The maximum Gasteiger partial charge on any atom is 0.0794 e. The molecule has 0 aliphatic carbocycles. The zero-order chi connectivity index (χ0) is 11.9. The molecule has 0 atom stereocenters. The third-order valence-electron chi connectivity index (χ3n) is 2.87. The van der Waals surface area contributed by atoms with Crippen molar-refractivity contribution in [1.82, 2.24) is 10.3 Å². The molecular formula is C13H24N2S. The second-order valence-corrected chi connectivity index (χ2v) is 5.72. The first-order valence-electron chi connectivity index (χ1n) is 6.26. The Kier molecular flexibility index (Phi) is 5.99. The van der Waals surface area contributed by atoms with Gasteiger partial charge in [-0.3, -0.25) is 0 Å². The van der Waals surface area contributed by atoms with E-state index in [1.807, 2.05) is 5.51 Å². The zero-order valence-electron chi connectivity index (χ0n) is 10.8. The van der Waals surface area contributed by atoms with Crippen LogP contribution >= 0.6 is 11.3 Å². The summed E-state index contributed by atoms with van der Waals surface area (Å²) < 4.78 is 0. The molecule has 1 aromatic rings. The highest BCUT2D eigenvalue weighted by atomic mass is 32.1. The first-order valence-corrected chi connectivity index (χ1v) is 7.20. The van der Waals surface area contributed by atoms with E-state index in [-0.39, 0.29) is 5.54 Å². The molecule has 0 unspecified atom stereocenters. The fourth-order valence-corrected chi connectivity index (χ4v) is 2.39. The van der Waals surface area contributed by atoms with Crippen molar-refractivity contribution >= 4 is 11.3 Å². The smallest absolute Gasteiger partial charge is 0.0794 e. The number of hydrogen-bond acceptors (Lipinski definition) is 3. The number of hydrogen-bond donors (Lipinski definition) is 1. The van der Waals surface area contributed by atoms with Crippen molar-refractivity contribution in [1.29, 1.82) is 0 Å². The van der Waals surface area contributed by atoms with Crippen molar-refractivity contribution in [2.24, 2.45) is 0 Å². The molecule has 0 radical (unpaired) electrons. The van der Waals surface area contributed by atoms with Crippen LogP contribution in [-0.2, 0) is 6.42 Å². The Labute approximate surface area is 103 Å². The summed E-state index contributed by atoms with van der Waals surface area (Å²) in [6, 6.07) is 0. The van der Waals surface area contributed by atoms with Crippen LogP contribution in [0.4, 0.5) is 0 Å². The minimum absolute atomic E-state index is 0.269. The molecule has 1 aromatic heterocycles. The predicted octanol–water partition coefficient (Wildman–Crippen LogP) is 3.63. The molecule has 3 heteroatoms. The lowest BCUT2D eigenvalue weighted by molar-refractivity contribution is 0.351. The van der Waals surface area contributed by atoms with E-state index in [1.165, 1.54) is 31.4 Å². The van der Waals surface area contributed by atoms with Gasteiger partial charge in [-0.25, -0.2) is 4.98 Å². The van der Waals surface area contributed by atoms with Crippen molar-refractivity contribution in [2.75, 3.05) is 6.54 Å². The lowest BCUT2D eigenvalue weighted by atomic mass is 9.96. The van der Waals surface area contributed by atoms with E-state index in [0.29, 0.717) is 0 Å². The van der Waals surface area contributed by atoms with Gasteiger partial charge in [-0.1, -0.05) is 26.2 Å². The van der Waals surface area contributed by atoms with E-state index in [9.17, 15) is 0 Å². The van der Waals surface area contributed by atoms with Crippen LogP contribution < -0.4 is 5.32 Å². The molecule has 0 aromatic carbocycles. The van der Waals surface area contributed by atoms with Crippen molar-refractivity contribution in [3.8, 4) is 0 Å². The molecule has 0 saturated heterocycles. The summed E-state index contributed by atoms with van der Waals surface area (Å²) in [6.07, 6.45) is 6.28. The lowest BCUT2D eigenvalue weighted by Gasteiger charge is -2.26. The summed E-state index contributed by atoms with van der Waals surface area (Å²) in [5.74, 6) is 0. The van der Waals surface area contributed by atoms with Gasteiger partial charge in [-0.2, -0.15) is 0 Å². The first-order chi connectivity index (χ1) is 7.64. The standard InChI is InChI=1S/C13H24N2S/c1-4-5-6-8-13(2,3)15-9-7-12-10-16-11-14-12/h10-11,15H,4-9H2,1-3H3. The Hall–Kier alpha value is -0.410. The van der Waals surface area contributed by atoms with Crippen LogP contribution in [-0.4, -0.2) is 17.1 Å². The Morgan fingerprint density at radius 2 is 2.19 bits per heavy atom. The summed E-state index contributed by atoms with van der Waals surface area (Å²) in [5, 5.41) is 5.75. The van der Waals surface area contributed by atoms with Crippen LogP contribution in [0.15, 0.2) is 10.9 Å². The maximum atomic E-state index is 4.29. The van der Waals surface area contributed by atoms with E-state index in [0.717, 1.165) is 13.0 Å². The zero-order valence-corrected chi connectivity index (χ0v) is 11.6. The van der Waals surface area contributed by atoms with Crippen LogP contribution in [0.25, 0.3) is 0 Å². The van der Waals surface area contributed by atoms with Gasteiger partial charge in [0.25, 0.3) is 0 Å². The molecule has 92 valence electrons. The fraction of sp³-hybridized carbons (Fsp3) is 0.769. The van der Waals surface area contributed by atoms with Crippen LogP contribution in [0, 0.1) is 0 Å². The van der Waals surface area contributed by atoms with Gasteiger partial charge in [0.15, 0.2) is 0 Å². The number of nitrogens with one attached hydrogen (secondary N) is 1. The number of aromatic nitrogens is 1. The summed E-state index contributed by atoms with van der Waals surface area (Å²) in [4.78, 5) is 4.29. The second-order valence-electron chi connectivity index (χ2n) is 5.00. The van der Waals surface area contributed by atoms with E-state index in [1.54, 1.807) is 11.3 Å². The predicted molar refractivity (Wildman–Crippen MR) is 72.0 cm³/mol. The minimum Gasteiger partial charge on any atom is -0.311 e. The van der Waals surface area contributed by atoms with Gasteiger partial charge >= 0.3 is 0 Å². The Balaban J connectivity index is 2.14. The average molecular weight is 240 g/mol. The number of unbranched alkanes of at least 4 members (excludes halogenated alkanes) is 2. The fourth-order valence-electron chi connectivity index (χ4n) is 1.80. The van der Waals surface area contributed by atoms with E-state index in [2.05, 4.69) is 36.5 Å². The Morgan fingerprint density at radius 3 is 2.81 bits per heavy atom. The van der Waals surface area contributed by atoms with Gasteiger partial charge < -0.3 is 5.32 Å². The molecule has 0 saturated carbocycles. The SMILES string of the molecule is CCCCCC(C)(C)NCCc1cscn1. The maximum absolute atomic E-state index is 4.29. The molecule has 0 spiro atoms. The van der Waals surface area contributed by atoms with E-state index < -0.39 is 0 Å². The van der Waals surface area contributed by atoms with Crippen LogP contribution in [0.2, 0.25) is 0 Å². The normalized spacial score (nSPS) is 11.9. The molecule has 16 heavy (non-hydrogen) atoms. The third-order valence-corrected chi connectivity index (χ3v) is 3.51. The molecule has 0 bridgehead atoms. The summed E-state index contributed by atoms with van der Waals surface area (Å²) in [7, 11) is 0. The molecule has 1 heterocycles. The largest absolute Gasteiger partial charge is 0.311 e. The second kappa shape index (κ2) is 7.02. The quantitative estimate of drug-likeness (QED) is 0.702. The first kappa shape index (κ1) is 13.7. The molecule has 2 nitrogen and oxygen atoms in total. The lowest BCUT2D eigenvalue weighted by Crippen LogP contribution is -2.40. The molecule has 1 rings (SSSR count). The monoisotopic (exact) mass is 240 g/mol. The number of thiazole rings is 1. The third kappa shape index (κ3) is 5.61. The van der Waals surface area contributed by atoms with Gasteiger partial charge in [0.05, 0.1) is 11.2 Å². The topological polar surface area (TPSA) is 24.9 Å². The average Bonchev–Trinajstić information content (AvgIpc) is 2.70. The summed E-state index contributed by atoms with van der Waals surface area (Å²) >= 11 is 1.68. The summed E-state index contributed by atoms with van der Waals surface area (Å²) in [6.45, 7) is 7.87. The van der Waals surface area contributed by atoms with Crippen LogP contribution in [0.1, 0.15) is 52.1 Å². The molecule has 0 amide bonds. The van der Waals surface area contributed by atoms with Crippen molar-refractivity contribution < 1.29 is 0 Å². The highest BCUT2D eigenvalue weighted by Crippen LogP contribution is 2.13. The molecule has 1 N–H and O–H groups in total. The van der Waals surface area contributed by atoms with Gasteiger partial charge in [0, 0.05) is 23.9 Å². The highest BCUT2D eigenvalue weighted by Gasteiger charge is 2.15. The van der Waals surface area contributed by atoms with E-state index >= 15 is 0 Å². The molecule has 0 aliphatic heterocycles. The summed E-state index contributed by atoms with van der Waals surface area (Å²) in [5.41, 5.74) is 3.38. The van der Waals surface area contributed by atoms with Crippen molar-refractivity contribution in [3.63, 3.8) is 0 Å². The van der Waals surface area contributed by atoms with Crippen molar-refractivity contribution in [2.45, 2.75) is 58.4 Å². The van der Waals surface area contributed by atoms with Crippen LogP contribution in [0.5, 0.6) is 0 Å². The number of rotatable bonds is 8. The Bertz CT molecular complexity index is 267. The van der Waals surface area contributed by atoms with Gasteiger partial charge in [0.1, 0.15) is 0 Å². The van der Waals surface area contributed by atoms with Gasteiger partial charge in [-0.05, 0) is 20.3 Å².